The molecule has 0 aliphatic rings. The maximum atomic E-state index is 12.8. The molecule has 344 valence electrons. The molecule has 0 fully saturated rings. The van der Waals surface area contributed by atoms with Crippen molar-refractivity contribution in [1.82, 2.24) is 0 Å². The van der Waals surface area contributed by atoms with E-state index >= 15 is 0 Å². The fourth-order valence-corrected chi connectivity index (χ4v) is 7.83. The average molecular weight is 821 g/mol. The van der Waals surface area contributed by atoms with Gasteiger partial charge in [0, 0.05) is 19.3 Å². The number of rotatable bonds is 47. The Morgan fingerprint density at radius 2 is 0.603 bits per heavy atom. The van der Waals surface area contributed by atoms with E-state index in [-0.39, 0.29) is 31.1 Å². The van der Waals surface area contributed by atoms with Crippen LogP contribution < -0.4 is 0 Å². The zero-order valence-corrected chi connectivity index (χ0v) is 39.5. The minimum absolute atomic E-state index is 0.0634. The highest BCUT2D eigenvalue weighted by Crippen LogP contribution is 2.17. The third kappa shape index (κ3) is 44.0. The van der Waals surface area contributed by atoms with Crippen LogP contribution in [0, 0.1) is 5.92 Å². The van der Waals surface area contributed by atoms with Gasteiger partial charge < -0.3 is 14.2 Å². The van der Waals surface area contributed by atoms with Gasteiger partial charge in [0.2, 0.25) is 0 Å². The van der Waals surface area contributed by atoms with Gasteiger partial charge in [-0.3, -0.25) is 14.4 Å². The smallest absolute Gasteiger partial charge is 0.306 e. The molecule has 6 nitrogen and oxygen atoms in total. The van der Waals surface area contributed by atoms with Crippen LogP contribution in [-0.2, 0) is 28.6 Å². The summed E-state index contributed by atoms with van der Waals surface area (Å²) >= 11 is 0. The van der Waals surface area contributed by atoms with Crippen LogP contribution >= 0.6 is 0 Å². The van der Waals surface area contributed by atoms with Gasteiger partial charge >= 0.3 is 17.9 Å². The zero-order valence-electron chi connectivity index (χ0n) is 39.5. The molecule has 1 unspecified atom stereocenters. The summed E-state index contributed by atoms with van der Waals surface area (Å²) in [6, 6.07) is 0. The van der Waals surface area contributed by atoms with Crippen molar-refractivity contribution in [2.45, 2.75) is 297 Å². The highest BCUT2D eigenvalue weighted by molar-refractivity contribution is 5.71. The molecule has 0 aromatic carbocycles. The Balaban J connectivity index is 4.27. The molecule has 0 rings (SSSR count). The quantitative estimate of drug-likeness (QED) is 0.0346. The molecule has 0 saturated heterocycles. The van der Waals surface area contributed by atoms with E-state index in [1.54, 1.807) is 0 Å². The fourth-order valence-electron chi connectivity index (χ4n) is 7.83. The monoisotopic (exact) mass is 821 g/mol. The summed E-state index contributed by atoms with van der Waals surface area (Å²) in [4.78, 5) is 37.9. The molecule has 0 aliphatic heterocycles. The summed E-state index contributed by atoms with van der Waals surface area (Å²) in [6.07, 6.45) is 48.0. The van der Waals surface area contributed by atoms with Gasteiger partial charge in [0.05, 0.1) is 0 Å². The average Bonchev–Trinajstić information content (AvgIpc) is 3.22. The molecule has 0 aromatic heterocycles. The summed E-state index contributed by atoms with van der Waals surface area (Å²) < 4.78 is 16.8. The Labute approximate surface area is 361 Å². The largest absolute Gasteiger partial charge is 0.462 e. The van der Waals surface area contributed by atoms with Gasteiger partial charge in [0.25, 0.3) is 0 Å². The number of hydrogen-bond acceptors (Lipinski definition) is 6. The maximum Gasteiger partial charge on any atom is 0.306 e. The topological polar surface area (TPSA) is 78.9 Å². The van der Waals surface area contributed by atoms with E-state index in [9.17, 15) is 14.4 Å². The molecule has 0 spiro atoms. The first-order chi connectivity index (χ1) is 28.4. The lowest BCUT2D eigenvalue weighted by molar-refractivity contribution is -0.167. The fraction of sp³-hybridized carbons (Fsp3) is 0.942. The van der Waals surface area contributed by atoms with E-state index < -0.39 is 6.10 Å². The Morgan fingerprint density at radius 3 is 0.897 bits per heavy atom. The van der Waals surface area contributed by atoms with Crippen molar-refractivity contribution >= 4 is 17.9 Å². The molecule has 0 aliphatic carbocycles. The lowest BCUT2D eigenvalue weighted by Crippen LogP contribution is -2.30. The minimum Gasteiger partial charge on any atom is -0.462 e. The number of carbonyl (C=O) groups excluding carboxylic acids is 3. The summed E-state index contributed by atoms with van der Waals surface area (Å²) in [7, 11) is 0. The minimum atomic E-state index is -0.760. The Bertz CT molecular complexity index is 874. The van der Waals surface area contributed by atoms with Crippen LogP contribution in [0.4, 0.5) is 0 Å². The SMILES string of the molecule is CCCCCCCCCCCCCCCCCCCCC(=O)O[C@H](COC(=O)CCCCCCCCCCCC)COC(=O)CCCCCCCCCCC(C)CC. The van der Waals surface area contributed by atoms with Gasteiger partial charge in [-0.05, 0) is 25.2 Å². The zero-order chi connectivity index (χ0) is 42.4. The van der Waals surface area contributed by atoms with Crippen molar-refractivity contribution in [2.24, 2.45) is 5.92 Å². The second kappa shape index (κ2) is 46.5. The molecule has 0 saturated carbocycles. The van der Waals surface area contributed by atoms with Crippen LogP contribution in [0.25, 0.3) is 0 Å². The van der Waals surface area contributed by atoms with Gasteiger partial charge in [-0.15, -0.1) is 0 Å². The van der Waals surface area contributed by atoms with Crippen LogP contribution in [0.15, 0.2) is 0 Å². The second-order valence-corrected chi connectivity index (χ2v) is 18.1. The van der Waals surface area contributed by atoms with E-state index in [2.05, 4.69) is 27.7 Å². The van der Waals surface area contributed by atoms with Crippen molar-refractivity contribution in [2.75, 3.05) is 13.2 Å². The van der Waals surface area contributed by atoms with Crippen molar-refractivity contribution in [1.29, 1.82) is 0 Å². The van der Waals surface area contributed by atoms with E-state index in [4.69, 9.17) is 14.2 Å². The molecule has 2 atom stereocenters. The van der Waals surface area contributed by atoms with E-state index in [1.165, 1.54) is 186 Å². The van der Waals surface area contributed by atoms with Crippen molar-refractivity contribution in [3.63, 3.8) is 0 Å². The molecule has 0 radical (unpaired) electrons. The van der Waals surface area contributed by atoms with Crippen molar-refractivity contribution in [3.05, 3.63) is 0 Å². The van der Waals surface area contributed by atoms with E-state index in [0.717, 1.165) is 63.7 Å². The highest BCUT2D eigenvalue weighted by atomic mass is 16.6. The first-order valence-electron chi connectivity index (χ1n) is 25.9. The predicted molar refractivity (Wildman–Crippen MR) is 247 cm³/mol. The third-order valence-corrected chi connectivity index (χ3v) is 12.2. The predicted octanol–water partition coefficient (Wildman–Crippen LogP) is 16.7. The number of esters is 3. The first-order valence-corrected chi connectivity index (χ1v) is 25.9. The third-order valence-electron chi connectivity index (χ3n) is 12.2. The molecule has 0 aromatic rings. The van der Waals surface area contributed by atoms with Crippen molar-refractivity contribution in [3.8, 4) is 0 Å². The lowest BCUT2D eigenvalue weighted by Gasteiger charge is -2.18. The highest BCUT2D eigenvalue weighted by Gasteiger charge is 2.19. The molecule has 0 bridgehead atoms. The molecule has 0 amide bonds. The van der Waals surface area contributed by atoms with Crippen molar-refractivity contribution < 1.29 is 28.6 Å². The summed E-state index contributed by atoms with van der Waals surface area (Å²) in [5.74, 6) is 0.0000288. The van der Waals surface area contributed by atoms with Crippen LogP contribution in [-0.4, -0.2) is 37.2 Å². The maximum absolute atomic E-state index is 12.8. The number of ether oxygens (including phenoxy) is 3. The van der Waals surface area contributed by atoms with Gasteiger partial charge in [-0.2, -0.15) is 0 Å². The summed E-state index contributed by atoms with van der Waals surface area (Å²) in [5.41, 5.74) is 0. The van der Waals surface area contributed by atoms with Gasteiger partial charge in [-0.25, -0.2) is 0 Å². The number of hydrogen-bond donors (Lipinski definition) is 0. The molecule has 6 heteroatoms. The lowest BCUT2D eigenvalue weighted by atomic mass is 9.99. The van der Waals surface area contributed by atoms with E-state index in [0.29, 0.717) is 19.3 Å². The van der Waals surface area contributed by atoms with Crippen LogP contribution in [0.3, 0.4) is 0 Å². The Kier molecular flexibility index (Phi) is 45.2. The molecule has 58 heavy (non-hydrogen) atoms. The van der Waals surface area contributed by atoms with Gasteiger partial charge in [-0.1, -0.05) is 252 Å². The summed E-state index contributed by atoms with van der Waals surface area (Å²) in [6.45, 7) is 9.02. The molecular formula is C52H100O6. The van der Waals surface area contributed by atoms with Gasteiger partial charge in [0.1, 0.15) is 13.2 Å². The van der Waals surface area contributed by atoms with Crippen LogP contribution in [0.2, 0.25) is 0 Å². The standard InChI is InChI=1S/C52H100O6/c1-5-8-10-12-14-16-18-19-20-21-22-23-24-25-27-33-37-41-45-52(55)58-49(46-56-50(53)43-39-35-31-26-17-15-13-11-9-6-2)47-57-51(54)44-40-36-32-29-28-30-34-38-42-48(4)7-3/h48-49H,5-47H2,1-4H3/t48?,49-/m1/s1. The molecular weight excluding hydrogens is 721 g/mol. The van der Waals surface area contributed by atoms with Crippen LogP contribution in [0.1, 0.15) is 291 Å². The van der Waals surface area contributed by atoms with Crippen LogP contribution in [0.5, 0.6) is 0 Å². The second-order valence-electron chi connectivity index (χ2n) is 18.1. The molecule has 0 N–H and O–H groups in total. The van der Waals surface area contributed by atoms with E-state index in [1.807, 2.05) is 0 Å². The number of carbonyl (C=O) groups is 3. The Morgan fingerprint density at radius 1 is 0.345 bits per heavy atom. The summed E-state index contributed by atoms with van der Waals surface area (Å²) in [5, 5.41) is 0. The number of unbranched alkanes of at least 4 members (excludes halogenated alkanes) is 33. The first kappa shape index (κ1) is 56.4. The molecule has 0 heterocycles. The normalized spacial score (nSPS) is 12.4. The van der Waals surface area contributed by atoms with Gasteiger partial charge in [0.15, 0.2) is 6.10 Å². The Hall–Kier alpha value is -1.59.